The predicted molar refractivity (Wildman–Crippen MR) is 83.2 cm³/mol. The zero-order chi connectivity index (χ0) is 14.9. The highest BCUT2D eigenvalue weighted by atomic mass is 35.5. The van der Waals surface area contributed by atoms with Crippen LogP contribution in [0.2, 0.25) is 10.0 Å². The van der Waals surface area contributed by atoms with E-state index in [0.29, 0.717) is 10.6 Å². The maximum atomic E-state index is 12.4. The predicted octanol–water partition coefficient (Wildman–Crippen LogP) is 4.41. The van der Waals surface area contributed by atoms with Crippen LogP contribution in [0.15, 0.2) is 41.3 Å². The molecule has 0 aliphatic rings. The second-order valence-corrected chi connectivity index (χ2v) is 6.91. The molecule has 0 saturated heterocycles. The van der Waals surface area contributed by atoms with E-state index in [0.717, 1.165) is 5.56 Å². The van der Waals surface area contributed by atoms with Gasteiger partial charge in [-0.05, 0) is 37.6 Å². The van der Waals surface area contributed by atoms with Crippen LogP contribution in [0.4, 0.5) is 5.69 Å². The molecule has 0 amide bonds. The van der Waals surface area contributed by atoms with Crippen molar-refractivity contribution >= 4 is 38.9 Å². The third-order valence-corrected chi connectivity index (χ3v) is 5.16. The molecule has 0 heterocycles. The largest absolute Gasteiger partial charge is 0.278 e. The number of nitrogens with one attached hydrogen (secondary N) is 1. The zero-order valence-corrected chi connectivity index (χ0v) is 13.3. The lowest BCUT2D eigenvalue weighted by atomic mass is 10.2. The van der Waals surface area contributed by atoms with Gasteiger partial charge in [0.2, 0.25) is 0 Å². The number of benzene rings is 2. The molecule has 106 valence electrons. The van der Waals surface area contributed by atoms with Crippen LogP contribution in [-0.2, 0) is 10.0 Å². The van der Waals surface area contributed by atoms with Gasteiger partial charge >= 0.3 is 0 Å². The van der Waals surface area contributed by atoms with Gasteiger partial charge in [0.25, 0.3) is 10.0 Å². The Hall–Kier alpha value is -1.23. The average Bonchev–Trinajstić information content (AvgIpc) is 2.34. The molecule has 3 nitrogen and oxygen atoms in total. The minimum absolute atomic E-state index is 0.183. The number of aryl methyl sites for hydroxylation is 2. The topological polar surface area (TPSA) is 46.2 Å². The molecule has 0 aliphatic heterocycles. The first-order chi connectivity index (χ1) is 9.31. The maximum absolute atomic E-state index is 12.4. The van der Waals surface area contributed by atoms with Crippen molar-refractivity contribution in [3.63, 3.8) is 0 Å². The van der Waals surface area contributed by atoms with E-state index in [1.807, 2.05) is 13.0 Å². The van der Waals surface area contributed by atoms with Gasteiger partial charge in [-0.25, -0.2) is 8.42 Å². The molecule has 2 aromatic carbocycles. The lowest BCUT2D eigenvalue weighted by Gasteiger charge is -2.12. The van der Waals surface area contributed by atoms with Crippen molar-refractivity contribution < 1.29 is 8.42 Å². The van der Waals surface area contributed by atoms with Crippen molar-refractivity contribution in [2.45, 2.75) is 18.7 Å². The number of anilines is 1. The molecule has 2 aromatic rings. The molecule has 0 spiro atoms. The molecule has 0 saturated carbocycles. The number of hydrogen-bond acceptors (Lipinski definition) is 2. The summed E-state index contributed by atoms with van der Waals surface area (Å²) in [6.07, 6.45) is 0. The maximum Gasteiger partial charge on any atom is 0.262 e. The number of halogens is 2. The summed E-state index contributed by atoms with van der Waals surface area (Å²) in [6, 6.07) is 9.93. The highest BCUT2D eigenvalue weighted by Crippen LogP contribution is 2.31. The Morgan fingerprint density at radius 1 is 1.05 bits per heavy atom. The van der Waals surface area contributed by atoms with Crippen molar-refractivity contribution in [2.24, 2.45) is 0 Å². The summed E-state index contributed by atoms with van der Waals surface area (Å²) in [7, 11) is -3.69. The smallest absolute Gasteiger partial charge is 0.262 e. The Bertz CT molecular complexity index is 758. The highest BCUT2D eigenvalue weighted by molar-refractivity contribution is 7.92. The van der Waals surface area contributed by atoms with Gasteiger partial charge in [0, 0.05) is 0 Å². The molecule has 1 N–H and O–H groups in total. The molecule has 0 unspecified atom stereocenters. The van der Waals surface area contributed by atoms with Gasteiger partial charge in [0.15, 0.2) is 0 Å². The van der Waals surface area contributed by atoms with E-state index >= 15 is 0 Å². The van der Waals surface area contributed by atoms with Gasteiger partial charge in [0.1, 0.15) is 0 Å². The number of rotatable bonds is 3. The van der Waals surface area contributed by atoms with Crippen LogP contribution in [0.1, 0.15) is 11.1 Å². The van der Waals surface area contributed by atoms with E-state index in [1.54, 1.807) is 37.3 Å². The summed E-state index contributed by atoms with van der Waals surface area (Å²) in [5.41, 5.74) is 1.94. The first-order valence-electron chi connectivity index (χ1n) is 5.85. The SMILES string of the molecule is Cc1ccc(S(=O)(=O)Nc2cccc(Cl)c2Cl)c(C)c1. The lowest BCUT2D eigenvalue weighted by Crippen LogP contribution is -2.14. The highest BCUT2D eigenvalue weighted by Gasteiger charge is 2.18. The van der Waals surface area contributed by atoms with Crippen LogP contribution >= 0.6 is 23.2 Å². The van der Waals surface area contributed by atoms with E-state index < -0.39 is 10.0 Å². The van der Waals surface area contributed by atoms with E-state index in [9.17, 15) is 8.42 Å². The molecule has 0 bridgehead atoms. The normalized spacial score (nSPS) is 11.4. The molecule has 20 heavy (non-hydrogen) atoms. The fraction of sp³-hybridized carbons (Fsp3) is 0.143. The lowest BCUT2D eigenvalue weighted by molar-refractivity contribution is 0.600. The molecule has 6 heteroatoms. The Morgan fingerprint density at radius 2 is 1.75 bits per heavy atom. The van der Waals surface area contributed by atoms with Gasteiger partial charge in [0.05, 0.1) is 20.6 Å². The fourth-order valence-corrected chi connectivity index (χ4v) is 3.59. The second kappa shape index (κ2) is 5.64. The summed E-state index contributed by atoms with van der Waals surface area (Å²) in [5.74, 6) is 0. The molecule has 0 radical (unpaired) electrons. The Morgan fingerprint density at radius 3 is 2.40 bits per heavy atom. The Balaban J connectivity index is 2.44. The third-order valence-electron chi connectivity index (χ3n) is 2.82. The van der Waals surface area contributed by atoms with Crippen molar-refractivity contribution in [1.29, 1.82) is 0 Å². The van der Waals surface area contributed by atoms with Crippen LogP contribution in [0.5, 0.6) is 0 Å². The van der Waals surface area contributed by atoms with Crippen molar-refractivity contribution in [3.05, 3.63) is 57.6 Å². The molecule has 0 atom stereocenters. The minimum atomic E-state index is -3.69. The first-order valence-corrected chi connectivity index (χ1v) is 8.09. The molecular weight excluding hydrogens is 317 g/mol. The van der Waals surface area contributed by atoms with E-state index in [2.05, 4.69) is 4.72 Å². The average molecular weight is 330 g/mol. The van der Waals surface area contributed by atoms with Gasteiger partial charge < -0.3 is 0 Å². The molecule has 0 aromatic heterocycles. The van der Waals surface area contributed by atoms with E-state index in [4.69, 9.17) is 23.2 Å². The van der Waals surface area contributed by atoms with Crippen LogP contribution in [-0.4, -0.2) is 8.42 Å². The monoisotopic (exact) mass is 329 g/mol. The number of sulfonamides is 1. The fourth-order valence-electron chi connectivity index (χ4n) is 1.88. The van der Waals surface area contributed by atoms with Crippen LogP contribution in [0.25, 0.3) is 0 Å². The third kappa shape index (κ3) is 3.08. The number of hydrogen-bond donors (Lipinski definition) is 1. The summed E-state index contributed by atoms with van der Waals surface area (Å²) < 4.78 is 27.2. The minimum Gasteiger partial charge on any atom is -0.278 e. The zero-order valence-electron chi connectivity index (χ0n) is 10.9. The summed E-state index contributed by atoms with van der Waals surface area (Å²) >= 11 is 11.9. The summed E-state index contributed by atoms with van der Waals surface area (Å²) in [5, 5.41) is 0.481. The van der Waals surface area contributed by atoms with Gasteiger partial charge in [-0.1, -0.05) is 47.0 Å². The molecule has 0 aliphatic carbocycles. The molecular formula is C14H13Cl2NO2S. The molecule has 2 rings (SSSR count). The van der Waals surface area contributed by atoms with Crippen molar-refractivity contribution in [1.82, 2.24) is 0 Å². The van der Waals surface area contributed by atoms with Gasteiger partial charge in [-0.2, -0.15) is 0 Å². The first kappa shape index (κ1) is 15.2. The summed E-state index contributed by atoms with van der Waals surface area (Å²) in [6.45, 7) is 3.66. The van der Waals surface area contributed by atoms with Crippen molar-refractivity contribution in [3.8, 4) is 0 Å². The standard InChI is InChI=1S/C14H13Cl2NO2S/c1-9-6-7-13(10(2)8-9)20(18,19)17-12-5-3-4-11(15)14(12)16/h3-8,17H,1-2H3. The summed E-state index contributed by atoms with van der Waals surface area (Å²) in [4.78, 5) is 0.221. The Labute approximate surface area is 128 Å². The van der Waals surface area contributed by atoms with Crippen LogP contribution in [0, 0.1) is 13.8 Å². The Kier molecular flexibility index (Phi) is 4.28. The van der Waals surface area contributed by atoms with E-state index in [1.165, 1.54) is 0 Å². The van der Waals surface area contributed by atoms with E-state index in [-0.39, 0.29) is 15.6 Å². The van der Waals surface area contributed by atoms with Crippen LogP contribution < -0.4 is 4.72 Å². The van der Waals surface area contributed by atoms with Crippen molar-refractivity contribution in [2.75, 3.05) is 4.72 Å². The molecule has 0 fully saturated rings. The quantitative estimate of drug-likeness (QED) is 0.906. The van der Waals surface area contributed by atoms with Gasteiger partial charge in [-0.3, -0.25) is 4.72 Å². The van der Waals surface area contributed by atoms with Crippen LogP contribution in [0.3, 0.4) is 0 Å². The second-order valence-electron chi connectivity index (χ2n) is 4.48. The van der Waals surface area contributed by atoms with Gasteiger partial charge in [-0.15, -0.1) is 0 Å².